The van der Waals surface area contributed by atoms with Gasteiger partial charge in [0.25, 0.3) is 5.91 Å². The molecule has 6 heteroatoms. The average molecular weight is 257 g/mol. The summed E-state index contributed by atoms with van der Waals surface area (Å²) in [7, 11) is 0. The van der Waals surface area contributed by atoms with Crippen LogP contribution in [0.3, 0.4) is 0 Å². The summed E-state index contributed by atoms with van der Waals surface area (Å²) in [5, 5.41) is 6.36. The molecule has 2 rings (SSSR count). The van der Waals surface area contributed by atoms with Crippen molar-refractivity contribution in [2.24, 2.45) is 0 Å². The molecule has 0 atom stereocenters. The van der Waals surface area contributed by atoms with Gasteiger partial charge in [-0.25, -0.2) is 0 Å². The van der Waals surface area contributed by atoms with Crippen molar-refractivity contribution in [2.75, 3.05) is 0 Å². The average Bonchev–Trinajstić information content (AvgIpc) is 2.84. The van der Waals surface area contributed by atoms with E-state index in [-0.39, 0.29) is 11.7 Å². The van der Waals surface area contributed by atoms with Gasteiger partial charge >= 0.3 is 0 Å². The minimum absolute atomic E-state index is 0.222. The van der Waals surface area contributed by atoms with E-state index in [9.17, 15) is 4.79 Å². The second kappa shape index (κ2) is 4.67. The van der Waals surface area contributed by atoms with Gasteiger partial charge in [0.2, 0.25) is 5.76 Å². The predicted molar refractivity (Wildman–Crippen MR) is 61.7 cm³/mol. The smallest absolute Gasteiger partial charge is 0.290 e. The van der Waals surface area contributed by atoms with Gasteiger partial charge in [0.1, 0.15) is 0 Å². The van der Waals surface area contributed by atoms with Crippen LogP contribution in [0.4, 0.5) is 0 Å². The van der Waals surface area contributed by atoms with E-state index in [4.69, 9.17) is 16.1 Å². The third kappa shape index (κ3) is 2.62. The predicted octanol–water partition coefficient (Wildman–Crippen LogP) is 2.63. The van der Waals surface area contributed by atoms with E-state index in [1.54, 1.807) is 19.1 Å². The Kier molecular flexibility index (Phi) is 3.26. The topological polar surface area (TPSA) is 55.1 Å². The van der Waals surface area contributed by atoms with Gasteiger partial charge in [-0.3, -0.25) is 4.79 Å². The zero-order chi connectivity index (χ0) is 11.5. The van der Waals surface area contributed by atoms with Crippen molar-refractivity contribution in [1.29, 1.82) is 0 Å². The van der Waals surface area contributed by atoms with Crippen LogP contribution in [0, 0.1) is 6.92 Å². The molecule has 2 aromatic heterocycles. The van der Waals surface area contributed by atoms with E-state index < -0.39 is 0 Å². The SMILES string of the molecule is Cc1cc(C(=O)NCc2ccc(Cl)s2)on1. The van der Waals surface area contributed by atoms with Gasteiger partial charge in [0, 0.05) is 10.9 Å². The van der Waals surface area contributed by atoms with Gasteiger partial charge in [0.15, 0.2) is 0 Å². The molecule has 84 valence electrons. The number of aryl methyl sites for hydroxylation is 1. The maximum atomic E-state index is 11.6. The van der Waals surface area contributed by atoms with Crippen molar-refractivity contribution in [3.63, 3.8) is 0 Å². The van der Waals surface area contributed by atoms with E-state index in [1.165, 1.54) is 11.3 Å². The van der Waals surface area contributed by atoms with Gasteiger partial charge in [0.05, 0.1) is 16.6 Å². The molecule has 0 radical (unpaired) electrons. The molecule has 1 amide bonds. The second-order valence-corrected chi connectivity index (χ2v) is 5.02. The fourth-order valence-corrected chi connectivity index (χ4v) is 2.20. The molecular formula is C10H9ClN2O2S. The Balaban J connectivity index is 1.93. The summed E-state index contributed by atoms with van der Waals surface area (Å²) >= 11 is 7.21. The van der Waals surface area contributed by atoms with Gasteiger partial charge < -0.3 is 9.84 Å². The number of thiophene rings is 1. The third-order valence-electron chi connectivity index (χ3n) is 1.90. The Bertz CT molecular complexity index is 506. The monoisotopic (exact) mass is 256 g/mol. The van der Waals surface area contributed by atoms with Crippen LogP contribution in [0.5, 0.6) is 0 Å². The first-order valence-electron chi connectivity index (χ1n) is 4.61. The van der Waals surface area contributed by atoms with Crippen LogP contribution in [-0.2, 0) is 6.54 Å². The molecule has 2 aromatic rings. The second-order valence-electron chi connectivity index (χ2n) is 3.22. The van der Waals surface area contributed by atoms with Gasteiger partial charge in [-0.15, -0.1) is 11.3 Å². The number of aromatic nitrogens is 1. The van der Waals surface area contributed by atoms with Gasteiger partial charge in [-0.2, -0.15) is 0 Å². The number of amides is 1. The largest absolute Gasteiger partial charge is 0.351 e. The van der Waals surface area contributed by atoms with Crippen LogP contribution in [0.15, 0.2) is 22.7 Å². The number of hydrogen-bond acceptors (Lipinski definition) is 4. The van der Waals surface area contributed by atoms with Crippen molar-refractivity contribution in [3.05, 3.63) is 38.9 Å². The fourth-order valence-electron chi connectivity index (χ4n) is 1.17. The van der Waals surface area contributed by atoms with Gasteiger partial charge in [-0.05, 0) is 19.1 Å². The summed E-state index contributed by atoms with van der Waals surface area (Å²) in [4.78, 5) is 12.6. The zero-order valence-corrected chi connectivity index (χ0v) is 10.1. The molecule has 0 fully saturated rings. The molecule has 0 aliphatic rings. The first-order chi connectivity index (χ1) is 7.65. The fraction of sp³-hybridized carbons (Fsp3) is 0.200. The first kappa shape index (κ1) is 11.2. The minimum atomic E-state index is -0.273. The number of rotatable bonds is 3. The molecule has 2 heterocycles. The lowest BCUT2D eigenvalue weighted by atomic mass is 10.3. The number of nitrogens with zero attached hydrogens (tertiary/aromatic N) is 1. The van der Waals surface area contributed by atoms with Crippen LogP contribution < -0.4 is 5.32 Å². The molecule has 0 bridgehead atoms. The quantitative estimate of drug-likeness (QED) is 0.919. The lowest BCUT2D eigenvalue weighted by molar-refractivity contribution is 0.0914. The molecule has 16 heavy (non-hydrogen) atoms. The molecule has 0 saturated carbocycles. The number of hydrogen-bond donors (Lipinski definition) is 1. The van der Waals surface area contributed by atoms with Crippen molar-refractivity contribution >= 4 is 28.8 Å². The van der Waals surface area contributed by atoms with E-state index in [2.05, 4.69) is 10.5 Å². The van der Waals surface area contributed by atoms with Crippen LogP contribution in [-0.4, -0.2) is 11.1 Å². The molecule has 0 unspecified atom stereocenters. The molecule has 0 aliphatic heterocycles. The molecule has 1 N–H and O–H groups in total. The van der Waals surface area contributed by atoms with Crippen LogP contribution in [0.2, 0.25) is 4.34 Å². The number of nitrogens with one attached hydrogen (secondary N) is 1. The first-order valence-corrected chi connectivity index (χ1v) is 5.80. The number of carbonyl (C=O) groups excluding carboxylic acids is 1. The lowest BCUT2D eigenvalue weighted by Crippen LogP contribution is -2.21. The van der Waals surface area contributed by atoms with Crippen molar-refractivity contribution in [3.8, 4) is 0 Å². The highest BCUT2D eigenvalue weighted by atomic mass is 35.5. The van der Waals surface area contributed by atoms with E-state index >= 15 is 0 Å². The molecule has 0 aromatic carbocycles. The Morgan fingerprint density at radius 3 is 3.00 bits per heavy atom. The summed E-state index contributed by atoms with van der Waals surface area (Å²) in [5.41, 5.74) is 0.685. The summed E-state index contributed by atoms with van der Waals surface area (Å²) in [6, 6.07) is 5.27. The van der Waals surface area contributed by atoms with Crippen molar-refractivity contribution < 1.29 is 9.32 Å². The summed E-state index contributed by atoms with van der Waals surface area (Å²) in [6.07, 6.45) is 0. The normalized spacial score (nSPS) is 10.4. The van der Waals surface area contributed by atoms with Gasteiger partial charge in [-0.1, -0.05) is 16.8 Å². The van der Waals surface area contributed by atoms with Crippen LogP contribution in [0.1, 0.15) is 21.1 Å². The Morgan fingerprint density at radius 2 is 2.44 bits per heavy atom. The van der Waals surface area contributed by atoms with E-state index in [0.29, 0.717) is 16.6 Å². The Labute approximate surface area is 101 Å². The Morgan fingerprint density at radius 1 is 1.62 bits per heavy atom. The van der Waals surface area contributed by atoms with E-state index in [1.807, 2.05) is 6.07 Å². The maximum absolute atomic E-state index is 11.6. The van der Waals surface area contributed by atoms with Crippen LogP contribution in [0.25, 0.3) is 0 Å². The molecule has 0 spiro atoms. The van der Waals surface area contributed by atoms with Crippen LogP contribution >= 0.6 is 22.9 Å². The highest BCUT2D eigenvalue weighted by Gasteiger charge is 2.11. The molecule has 4 nitrogen and oxygen atoms in total. The third-order valence-corrected chi connectivity index (χ3v) is 3.13. The van der Waals surface area contributed by atoms with Crippen molar-refractivity contribution in [1.82, 2.24) is 10.5 Å². The zero-order valence-electron chi connectivity index (χ0n) is 8.49. The maximum Gasteiger partial charge on any atom is 0.290 e. The standard InChI is InChI=1S/C10H9ClN2O2S/c1-6-4-8(15-13-6)10(14)12-5-7-2-3-9(11)16-7/h2-4H,5H2,1H3,(H,12,14). The molecular weight excluding hydrogens is 248 g/mol. The highest BCUT2D eigenvalue weighted by Crippen LogP contribution is 2.21. The highest BCUT2D eigenvalue weighted by molar-refractivity contribution is 7.16. The molecule has 0 aliphatic carbocycles. The molecule has 0 saturated heterocycles. The minimum Gasteiger partial charge on any atom is -0.351 e. The number of carbonyl (C=O) groups is 1. The van der Waals surface area contributed by atoms with E-state index in [0.717, 1.165) is 4.88 Å². The lowest BCUT2D eigenvalue weighted by Gasteiger charge is -1.98. The van der Waals surface area contributed by atoms with Crippen molar-refractivity contribution in [2.45, 2.75) is 13.5 Å². The Hall–Kier alpha value is -1.33. The summed E-state index contributed by atoms with van der Waals surface area (Å²) in [6.45, 7) is 2.20. The summed E-state index contributed by atoms with van der Waals surface area (Å²) < 4.78 is 5.54. The number of halogens is 1. The summed E-state index contributed by atoms with van der Waals surface area (Å²) in [5.74, 6) is -0.0507.